The molecule has 8 nitrogen and oxygen atoms in total. The minimum atomic E-state index is -2.41. The molecule has 0 fully saturated rings. The van der Waals surface area contributed by atoms with Crippen LogP contribution in [0, 0.1) is 0 Å². The van der Waals surface area contributed by atoms with Crippen molar-refractivity contribution >= 4 is 40.1 Å². The van der Waals surface area contributed by atoms with E-state index < -0.39 is 28.3 Å². The number of rotatable bonds is 6. The molecular formula is C15H15ClN3O5S-. The Morgan fingerprint density at radius 3 is 2.56 bits per heavy atom. The Balaban J connectivity index is 2.56. The molecule has 1 amide bonds. The number of carbonyl (C=O) groups excluding carboxylic acids is 2. The van der Waals surface area contributed by atoms with Gasteiger partial charge in [-0.25, -0.2) is 0 Å². The summed E-state index contributed by atoms with van der Waals surface area (Å²) < 4.78 is 23.2. The number of hydrogen-bond donors (Lipinski definition) is 2. The van der Waals surface area contributed by atoms with E-state index in [0.717, 1.165) is 0 Å². The molecule has 2 aromatic rings. The number of halogens is 1. The topological polar surface area (TPSA) is 124 Å². The van der Waals surface area contributed by atoms with Crippen LogP contribution >= 0.6 is 11.6 Å². The van der Waals surface area contributed by atoms with Crippen molar-refractivity contribution < 1.29 is 18.4 Å². The zero-order valence-corrected chi connectivity index (χ0v) is 15.0. The van der Waals surface area contributed by atoms with Gasteiger partial charge in [0.05, 0.1) is 10.7 Å². The molecule has 0 saturated carbocycles. The highest BCUT2D eigenvalue weighted by Crippen LogP contribution is 2.32. The minimum Gasteiger partial charge on any atom is -0.772 e. The van der Waals surface area contributed by atoms with Gasteiger partial charge in [-0.15, -0.1) is 0 Å². The van der Waals surface area contributed by atoms with Gasteiger partial charge in [-0.05, 0) is 18.6 Å². The number of H-pyrrole nitrogens is 1. The van der Waals surface area contributed by atoms with Crippen LogP contribution < -0.4 is 10.9 Å². The van der Waals surface area contributed by atoms with Gasteiger partial charge in [-0.1, -0.05) is 28.7 Å². The summed E-state index contributed by atoms with van der Waals surface area (Å²) in [5.74, 6) is -1.48. The van der Waals surface area contributed by atoms with Crippen molar-refractivity contribution in [3.8, 4) is 0 Å². The monoisotopic (exact) mass is 384 g/mol. The number of ketones is 1. The molecule has 2 N–H and O–H groups in total. The third kappa shape index (κ3) is 4.06. The lowest BCUT2D eigenvalue weighted by atomic mass is 10.0. The van der Waals surface area contributed by atoms with Crippen LogP contribution in [-0.4, -0.2) is 30.2 Å². The van der Waals surface area contributed by atoms with Crippen molar-refractivity contribution in [3.05, 3.63) is 50.4 Å². The second kappa shape index (κ2) is 7.77. The van der Waals surface area contributed by atoms with E-state index in [9.17, 15) is 23.1 Å². The maximum atomic E-state index is 12.6. The van der Waals surface area contributed by atoms with E-state index in [2.05, 4.69) is 10.4 Å². The summed E-state index contributed by atoms with van der Waals surface area (Å²) in [7, 11) is 0. The highest BCUT2D eigenvalue weighted by atomic mass is 35.5. The molecule has 1 aromatic heterocycles. The molecule has 0 spiro atoms. The van der Waals surface area contributed by atoms with E-state index in [1.54, 1.807) is 6.92 Å². The number of aromatic amines is 1. The smallest absolute Gasteiger partial charge is 0.277 e. The summed E-state index contributed by atoms with van der Waals surface area (Å²) >= 11 is 3.82. The normalized spacial score (nSPS) is 12.0. The molecule has 25 heavy (non-hydrogen) atoms. The second-order valence-corrected chi connectivity index (χ2v) is 6.43. The van der Waals surface area contributed by atoms with Crippen molar-refractivity contribution in [3.63, 3.8) is 0 Å². The molecule has 0 bridgehead atoms. The van der Waals surface area contributed by atoms with Crippen molar-refractivity contribution in [1.29, 1.82) is 0 Å². The van der Waals surface area contributed by atoms with Crippen LogP contribution in [0.15, 0.2) is 23.1 Å². The van der Waals surface area contributed by atoms with Crippen molar-refractivity contribution in [2.45, 2.75) is 26.1 Å². The summed E-state index contributed by atoms with van der Waals surface area (Å²) in [6.45, 7) is 3.34. The van der Waals surface area contributed by atoms with Crippen molar-refractivity contribution in [2.24, 2.45) is 0 Å². The number of aromatic nitrogens is 2. The average molecular weight is 385 g/mol. The Labute approximate surface area is 150 Å². The molecule has 0 aliphatic heterocycles. The molecule has 0 aliphatic carbocycles. The third-order valence-electron chi connectivity index (χ3n) is 3.45. The first-order valence-corrected chi connectivity index (χ1v) is 8.86. The summed E-state index contributed by atoms with van der Waals surface area (Å²) in [5, 5.41) is 4.99. The number of hydrogen-bond acceptors (Lipinski definition) is 5. The van der Waals surface area contributed by atoms with E-state index in [-0.39, 0.29) is 33.2 Å². The van der Waals surface area contributed by atoms with Gasteiger partial charge >= 0.3 is 0 Å². The maximum absolute atomic E-state index is 12.6. The van der Waals surface area contributed by atoms with Crippen LogP contribution in [0.25, 0.3) is 0 Å². The van der Waals surface area contributed by atoms with Crippen LogP contribution in [0.4, 0.5) is 5.69 Å². The second-order valence-electron chi connectivity index (χ2n) is 5.16. The number of amides is 1. The standard InChI is InChI=1S/C15H16ClN3O5S/c1-3-19-15(22)11(6-17-19)14(21)10-5-4-9(7-25(23)24)13(12(10)16)18-8(2)20/h4-6,17H,3,7H2,1-2H3,(H,18,20)(H,23,24)/p-1. The van der Waals surface area contributed by atoms with Crippen molar-refractivity contribution in [1.82, 2.24) is 9.78 Å². The fraction of sp³-hybridized carbons (Fsp3) is 0.267. The number of aryl methyl sites for hydroxylation is 1. The first kappa shape index (κ1) is 19.1. The molecule has 1 unspecified atom stereocenters. The predicted molar refractivity (Wildman–Crippen MR) is 92.5 cm³/mol. The van der Waals surface area contributed by atoms with Crippen LogP contribution in [0.2, 0.25) is 5.02 Å². The van der Waals surface area contributed by atoms with Crippen molar-refractivity contribution in [2.75, 3.05) is 5.32 Å². The summed E-state index contributed by atoms with van der Waals surface area (Å²) in [6.07, 6.45) is 1.28. The molecule has 134 valence electrons. The number of benzene rings is 1. The summed E-state index contributed by atoms with van der Waals surface area (Å²) in [5.41, 5.74) is -0.321. The Morgan fingerprint density at radius 2 is 2.04 bits per heavy atom. The maximum Gasteiger partial charge on any atom is 0.277 e. The Hall–Kier alpha value is -2.23. The molecular weight excluding hydrogens is 370 g/mol. The van der Waals surface area contributed by atoms with Gasteiger partial charge in [-0.3, -0.25) is 23.3 Å². The molecule has 0 radical (unpaired) electrons. The Bertz CT molecular complexity index is 918. The molecule has 1 heterocycles. The highest BCUT2D eigenvalue weighted by Gasteiger charge is 2.22. The molecule has 2 rings (SSSR count). The zero-order chi connectivity index (χ0) is 18.7. The number of anilines is 1. The van der Waals surface area contributed by atoms with Gasteiger partial charge < -0.3 is 15.0 Å². The number of carbonyl (C=O) groups is 2. The molecule has 10 heteroatoms. The summed E-state index contributed by atoms with van der Waals surface area (Å²) in [4.78, 5) is 36.1. The fourth-order valence-corrected chi connectivity index (χ4v) is 3.11. The fourth-order valence-electron chi connectivity index (χ4n) is 2.30. The quantitative estimate of drug-likeness (QED) is 0.575. The zero-order valence-electron chi connectivity index (χ0n) is 13.4. The van der Waals surface area contributed by atoms with E-state index in [1.807, 2.05) is 0 Å². The molecule has 1 aromatic carbocycles. The van der Waals surface area contributed by atoms with Crippen LogP contribution in [0.1, 0.15) is 35.3 Å². The first-order chi connectivity index (χ1) is 11.8. The van der Waals surface area contributed by atoms with E-state index >= 15 is 0 Å². The lowest BCUT2D eigenvalue weighted by Gasteiger charge is -2.15. The Kier molecular flexibility index (Phi) is 5.93. The largest absolute Gasteiger partial charge is 0.772 e. The molecule has 1 atom stereocenters. The van der Waals surface area contributed by atoms with E-state index in [1.165, 1.54) is 29.9 Å². The Morgan fingerprint density at radius 1 is 1.36 bits per heavy atom. The van der Waals surface area contributed by atoms with Gasteiger partial charge in [0.15, 0.2) is 0 Å². The predicted octanol–water partition coefficient (Wildman–Crippen LogP) is 1.42. The van der Waals surface area contributed by atoms with Gasteiger partial charge in [0.2, 0.25) is 11.7 Å². The number of nitrogens with zero attached hydrogens (tertiary/aromatic N) is 1. The van der Waals surface area contributed by atoms with E-state index in [4.69, 9.17) is 11.6 Å². The molecule has 0 aliphatic rings. The molecule has 0 saturated heterocycles. The lowest BCUT2D eigenvalue weighted by Crippen LogP contribution is -2.21. The van der Waals surface area contributed by atoms with Crippen LogP contribution in [0.3, 0.4) is 0 Å². The van der Waals surface area contributed by atoms with E-state index in [0.29, 0.717) is 6.54 Å². The average Bonchev–Trinajstić information content (AvgIpc) is 2.90. The van der Waals surface area contributed by atoms with Crippen LogP contribution in [0.5, 0.6) is 0 Å². The van der Waals surface area contributed by atoms with Gasteiger partial charge in [0.25, 0.3) is 5.56 Å². The number of nitrogens with one attached hydrogen (secondary N) is 2. The minimum absolute atomic E-state index is 0.00907. The first-order valence-electron chi connectivity index (χ1n) is 7.24. The highest BCUT2D eigenvalue weighted by molar-refractivity contribution is 7.78. The van der Waals surface area contributed by atoms with Gasteiger partial charge in [0.1, 0.15) is 5.56 Å². The third-order valence-corrected chi connectivity index (χ3v) is 4.39. The van der Waals surface area contributed by atoms with Gasteiger partial charge in [-0.2, -0.15) is 0 Å². The SMILES string of the molecule is CCn1[nH]cc(C(=O)c2ccc(CS(=O)[O-])c(NC(C)=O)c2Cl)c1=O. The van der Waals surface area contributed by atoms with Gasteiger partial charge in [0, 0.05) is 31.0 Å². The van der Waals surface area contributed by atoms with Crippen LogP contribution in [-0.2, 0) is 28.2 Å². The summed E-state index contributed by atoms with van der Waals surface area (Å²) in [6, 6.07) is 2.71. The lowest BCUT2D eigenvalue weighted by molar-refractivity contribution is -0.114.